The van der Waals surface area contributed by atoms with Crippen LogP contribution in [0.4, 0.5) is 10.5 Å². The molecule has 4 rings (SSSR count). The third-order valence-corrected chi connectivity index (χ3v) is 5.56. The summed E-state index contributed by atoms with van der Waals surface area (Å²) < 4.78 is 16.0. The van der Waals surface area contributed by atoms with Crippen molar-refractivity contribution in [2.24, 2.45) is 0 Å². The third kappa shape index (κ3) is 4.45. The molecule has 3 amide bonds. The lowest BCUT2D eigenvalue weighted by molar-refractivity contribution is -0.136. The van der Waals surface area contributed by atoms with Crippen LogP contribution in [0.1, 0.15) is 18.5 Å². The highest BCUT2D eigenvalue weighted by molar-refractivity contribution is 6.32. The number of methoxy groups -OCH3 is 1. The van der Waals surface area contributed by atoms with Crippen LogP contribution in [0, 0.1) is 0 Å². The molecule has 172 valence electrons. The first kappa shape index (κ1) is 22.5. The average Bonchev–Trinajstić information content (AvgIpc) is 3.18. The molecular formula is C23H22ClN3O6. The van der Waals surface area contributed by atoms with Crippen LogP contribution in [0.2, 0.25) is 5.02 Å². The third-order valence-electron chi connectivity index (χ3n) is 5.27. The maximum atomic E-state index is 13.0. The second-order valence-electron chi connectivity index (χ2n) is 7.27. The van der Waals surface area contributed by atoms with Gasteiger partial charge in [-0.15, -0.1) is 0 Å². The van der Waals surface area contributed by atoms with E-state index in [0.717, 1.165) is 0 Å². The second kappa shape index (κ2) is 9.41. The Labute approximate surface area is 195 Å². The Bertz CT molecular complexity index is 1150. The van der Waals surface area contributed by atoms with E-state index in [9.17, 15) is 14.4 Å². The summed E-state index contributed by atoms with van der Waals surface area (Å²) in [6.07, 6.45) is 0. The molecule has 2 aromatic carbocycles. The molecule has 9 nitrogen and oxygen atoms in total. The molecule has 2 N–H and O–H groups in total. The molecule has 0 unspecified atom stereocenters. The molecule has 0 aliphatic carbocycles. The lowest BCUT2D eigenvalue weighted by Crippen LogP contribution is -2.49. The highest BCUT2D eigenvalue weighted by Gasteiger charge is 2.43. The number of rotatable bonds is 7. The van der Waals surface area contributed by atoms with E-state index >= 15 is 0 Å². The van der Waals surface area contributed by atoms with Crippen molar-refractivity contribution in [1.82, 2.24) is 10.2 Å². The highest BCUT2D eigenvalue weighted by Crippen LogP contribution is 2.38. The molecule has 10 heteroatoms. The number of urea groups is 1. The Kier molecular flexibility index (Phi) is 6.41. The fraction of sp³-hybridized carbons (Fsp3) is 0.261. The number of nitrogens with one attached hydrogen (secondary N) is 2. The number of hydrogen-bond acceptors (Lipinski definition) is 6. The smallest absolute Gasteiger partial charge is 0.338 e. The monoisotopic (exact) mass is 471 g/mol. The zero-order valence-corrected chi connectivity index (χ0v) is 18.8. The van der Waals surface area contributed by atoms with Gasteiger partial charge in [-0.05, 0) is 31.2 Å². The fourth-order valence-electron chi connectivity index (χ4n) is 3.81. The van der Waals surface area contributed by atoms with Gasteiger partial charge in [-0.25, -0.2) is 9.59 Å². The van der Waals surface area contributed by atoms with E-state index in [-0.39, 0.29) is 18.7 Å². The molecule has 2 aliphatic rings. The van der Waals surface area contributed by atoms with Gasteiger partial charge in [0.1, 0.15) is 24.7 Å². The molecule has 0 saturated heterocycles. The van der Waals surface area contributed by atoms with Gasteiger partial charge in [-0.1, -0.05) is 29.8 Å². The maximum absolute atomic E-state index is 13.0. The minimum Gasteiger partial charge on any atom is -0.495 e. The summed E-state index contributed by atoms with van der Waals surface area (Å²) in [5, 5.41) is 5.84. The molecule has 0 fully saturated rings. The minimum absolute atomic E-state index is 0.101. The van der Waals surface area contributed by atoms with Crippen molar-refractivity contribution in [3.63, 3.8) is 0 Å². The average molecular weight is 472 g/mol. The van der Waals surface area contributed by atoms with Gasteiger partial charge in [0.15, 0.2) is 0 Å². The molecule has 2 aliphatic heterocycles. The molecule has 0 bridgehead atoms. The molecule has 2 aromatic rings. The van der Waals surface area contributed by atoms with E-state index in [0.29, 0.717) is 40.1 Å². The topological polar surface area (TPSA) is 106 Å². The summed E-state index contributed by atoms with van der Waals surface area (Å²) in [4.78, 5) is 39.4. The van der Waals surface area contributed by atoms with Gasteiger partial charge in [0.05, 0.1) is 36.1 Å². The largest absolute Gasteiger partial charge is 0.495 e. The predicted octanol–water partition coefficient (Wildman–Crippen LogP) is 3.26. The van der Waals surface area contributed by atoms with E-state index in [1.165, 1.54) is 12.0 Å². The predicted molar refractivity (Wildman–Crippen MR) is 120 cm³/mol. The van der Waals surface area contributed by atoms with E-state index in [4.69, 9.17) is 25.8 Å². The molecule has 0 saturated carbocycles. The Balaban J connectivity index is 1.59. The van der Waals surface area contributed by atoms with Crippen molar-refractivity contribution >= 4 is 35.2 Å². The van der Waals surface area contributed by atoms with Gasteiger partial charge in [0.2, 0.25) is 5.91 Å². The normalized spacial score (nSPS) is 17.3. The molecule has 0 spiro atoms. The van der Waals surface area contributed by atoms with E-state index in [1.807, 2.05) is 13.0 Å². The number of ether oxygens (including phenoxy) is 3. The van der Waals surface area contributed by atoms with Gasteiger partial charge in [-0.2, -0.15) is 0 Å². The summed E-state index contributed by atoms with van der Waals surface area (Å²) in [5.41, 5.74) is 1.71. The zero-order valence-electron chi connectivity index (χ0n) is 18.0. The number of cyclic esters (lactones) is 1. The van der Waals surface area contributed by atoms with Crippen LogP contribution in [-0.2, 0) is 14.3 Å². The van der Waals surface area contributed by atoms with E-state index < -0.39 is 23.9 Å². The number of benzene rings is 2. The van der Waals surface area contributed by atoms with Crippen LogP contribution in [0.25, 0.3) is 0 Å². The number of carbonyl (C=O) groups excluding carboxylic acids is 3. The molecule has 1 atom stereocenters. The fourth-order valence-corrected chi connectivity index (χ4v) is 4.06. The zero-order chi connectivity index (χ0) is 23.5. The number of para-hydroxylation sites is 1. The van der Waals surface area contributed by atoms with Crippen LogP contribution in [0.15, 0.2) is 53.7 Å². The first-order chi connectivity index (χ1) is 15.9. The number of halogens is 1. The van der Waals surface area contributed by atoms with Crippen molar-refractivity contribution in [3.05, 3.63) is 64.3 Å². The second-order valence-corrected chi connectivity index (χ2v) is 7.68. The van der Waals surface area contributed by atoms with Crippen molar-refractivity contribution in [2.45, 2.75) is 13.0 Å². The van der Waals surface area contributed by atoms with Gasteiger partial charge in [0.25, 0.3) is 0 Å². The molecule has 33 heavy (non-hydrogen) atoms. The van der Waals surface area contributed by atoms with Crippen LogP contribution in [-0.4, -0.2) is 49.7 Å². The standard InChI is InChI=1S/C23H22ClN3O6/c1-3-32-17-7-5-4-6-14(17)21-20-16(12-33-22(20)29)27(23(30)26-21)11-19(28)25-13-8-9-18(31-2)15(24)10-13/h4-10,21H,3,11-12H2,1-2H3,(H,25,28)(H,26,30)/t21-/m0/s1. The summed E-state index contributed by atoms with van der Waals surface area (Å²) in [5.74, 6) is 0.0127. The van der Waals surface area contributed by atoms with Crippen molar-refractivity contribution < 1.29 is 28.6 Å². The first-order valence-electron chi connectivity index (χ1n) is 10.3. The van der Waals surface area contributed by atoms with Gasteiger partial charge in [-0.3, -0.25) is 9.69 Å². The number of hydrogen-bond donors (Lipinski definition) is 2. The lowest BCUT2D eigenvalue weighted by Gasteiger charge is -2.33. The summed E-state index contributed by atoms with van der Waals surface area (Å²) in [6, 6.07) is 10.7. The maximum Gasteiger partial charge on any atom is 0.338 e. The number of anilines is 1. The summed E-state index contributed by atoms with van der Waals surface area (Å²) in [6.45, 7) is 1.86. The van der Waals surface area contributed by atoms with Gasteiger partial charge >= 0.3 is 12.0 Å². The minimum atomic E-state index is -0.745. The Hall–Kier alpha value is -3.72. The Morgan fingerprint density at radius 2 is 2.03 bits per heavy atom. The SMILES string of the molecule is CCOc1ccccc1[C@@H]1NC(=O)N(CC(=O)Nc2ccc(OC)c(Cl)c2)C2=C1C(=O)OC2. The van der Waals surface area contributed by atoms with Crippen molar-refractivity contribution in [2.75, 3.05) is 32.2 Å². The highest BCUT2D eigenvalue weighted by atomic mass is 35.5. The van der Waals surface area contributed by atoms with E-state index in [1.54, 1.807) is 36.4 Å². The van der Waals surface area contributed by atoms with Crippen LogP contribution < -0.4 is 20.1 Å². The Morgan fingerprint density at radius 3 is 2.76 bits per heavy atom. The quantitative estimate of drug-likeness (QED) is 0.600. The Morgan fingerprint density at radius 1 is 1.24 bits per heavy atom. The first-order valence-corrected chi connectivity index (χ1v) is 10.6. The van der Waals surface area contributed by atoms with Crippen LogP contribution >= 0.6 is 11.6 Å². The molecule has 2 heterocycles. The molecular weight excluding hydrogens is 450 g/mol. The number of amides is 3. The van der Waals surface area contributed by atoms with Crippen molar-refractivity contribution in [1.29, 1.82) is 0 Å². The van der Waals surface area contributed by atoms with E-state index in [2.05, 4.69) is 10.6 Å². The molecule has 0 aromatic heterocycles. The van der Waals surface area contributed by atoms with Crippen LogP contribution in [0.5, 0.6) is 11.5 Å². The van der Waals surface area contributed by atoms with Gasteiger partial charge in [0, 0.05) is 11.3 Å². The number of nitrogens with zero attached hydrogens (tertiary/aromatic N) is 1. The molecule has 0 radical (unpaired) electrons. The number of esters is 1. The summed E-state index contributed by atoms with van der Waals surface area (Å²) >= 11 is 6.10. The lowest BCUT2D eigenvalue weighted by atomic mass is 9.95. The summed E-state index contributed by atoms with van der Waals surface area (Å²) in [7, 11) is 1.49. The van der Waals surface area contributed by atoms with Crippen molar-refractivity contribution in [3.8, 4) is 11.5 Å². The van der Waals surface area contributed by atoms with Gasteiger partial charge < -0.3 is 24.8 Å². The van der Waals surface area contributed by atoms with Crippen LogP contribution in [0.3, 0.4) is 0 Å². The number of carbonyl (C=O) groups is 3.